The first-order valence-corrected chi connectivity index (χ1v) is 6.49. The highest BCUT2D eigenvalue weighted by Gasteiger charge is 2.10. The van der Waals surface area contributed by atoms with Crippen LogP contribution < -0.4 is 11.5 Å². The molecule has 0 aliphatic carbocycles. The third kappa shape index (κ3) is 2.09. The summed E-state index contributed by atoms with van der Waals surface area (Å²) >= 11 is 0. The number of oxazole rings is 1. The Morgan fingerprint density at radius 3 is 2.65 bits per heavy atom. The SMILES string of the molecule is Cc1ccc(Cn2c(=O)oc3ccc(N)cc32)cc1C. The maximum atomic E-state index is 12.0. The van der Waals surface area contributed by atoms with Crippen LogP contribution in [-0.4, -0.2) is 4.57 Å². The summed E-state index contributed by atoms with van der Waals surface area (Å²) in [6.07, 6.45) is 0. The predicted octanol–water partition coefficient (Wildman–Crippen LogP) is 2.84. The van der Waals surface area contributed by atoms with Gasteiger partial charge in [0, 0.05) is 5.69 Å². The summed E-state index contributed by atoms with van der Waals surface area (Å²) in [6.45, 7) is 4.61. The summed E-state index contributed by atoms with van der Waals surface area (Å²) in [6, 6.07) is 11.4. The third-order valence-corrected chi connectivity index (χ3v) is 3.60. The van der Waals surface area contributed by atoms with Crippen molar-refractivity contribution in [2.75, 3.05) is 5.73 Å². The summed E-state index contributed by atoms with van der Waals surface area (Å²) in [5, 5.41) is 0. The quantitative estimate of drug-likeness (QED) is 0.727. The summed E-state index contributed by atoms with van der Waals surface area (Å²) in [5.41, 5.74) is 11.2. The van der Waals surface area contributed by atoms with Gasteiger partial charge >= 0.3 is 5.76 Å². The van der Waals surface area contributed by atoms with Crippen molar-refractivity contribution in [3.05, 3.63) is 63.6 Å². The number of nitrogens with two attached hydrogens (primary N) is 1. The molecule has 4 heteroatoms. The Labute approximate surface area is 116 Å². The highest BCUT2D eigenvalue weighted by atomic mass is 16.4. The van der Waals surface area contributed by atoms with Gasteiger partial charge in [-0.2, -0.15) is 0 Å². The van der Waals surface area contributed by atoms with E-state index in [-0.39, 0.29) is 5.76 Å². The molecule has 3 aromatic rings. The van der Waals surface area contributed by atoms with Gasteiger partial charge in [0.1, 0.15) is 0 Å². The smallest absolute Gasteiger partial charge is 0.408 e. The van der Waals surface area contributed by atoms with Crippen molar-refractivity contribution in [3.8, 4) is 0 Å². The van der Waals surface area contributed by atoms with Crippen molar-refractivity contribution < 1.29 is 4.42 Å². The maximum absolute atomic E-state index is 12.0. The highest BCUT2D eigenvalue weighted by molar-refractivity contribution is 5.77. The van der Waals surface area contributed by atoms with Gasteiger partial charge in [-0.15, -0.1) is 0 Å². The Morgan fingerprint density at radius 1 is 1.10 bits per heavy atom. The molecule has 0 amide bonds. The van der Waals surface area contributed by atoms with Crippen LogP contribution in [0.3, 0.4) is 0 Å². The standard InChI is InChI=1S/C16H16N2O2/c1-10-3-4-12(7-11(10)2)9-18-14-8-13(17)5-6-15(14)20-16(18)19/h3-8H,9,17H2,1-2H3. The van der Waals surface area contributed by atoms with E-state index in [1.807, 2.05) is 6.07 Å². The molecule has 0 spiro atoms. The topological polar surface area (TPSA) is 61.2 Å². The first kappa shape index (κ1) is 12.5. The molecule has 0 saturated heterocycles. The fourth-order valence-corrected chi connectivity index (χ4v) is 2.31. The van der Waals surface area contributed by atoms with E-state index in [1.54, 1.807) is 22.8 Å². The van der Waals surface area contributed by atoms with E-state index < -0.39 is 0 Å². The molecule has 0 fully saturated rings. The molecule has 0 aliphatic heterocycles. The van der Waals surface area contributed by atoms with Gasteiger partial charge in [-0.1, -0.05) is 18.2 Å². The second kappa shape index (κ2) is 4.56. The second-order valence-electron chi connectivity index (χ2n) is 5.10. The molecule has 102 valence electrons. The average molecular weight is 268 g/mol. The van der Waals surface area contributed by atoms with Crippen LogP contribution in [0.15, 0.2) is 45.6 Å². The van der Waals surface area contributed by atoms with Crippen LogP contribution in [0, 0.1) is 13.8 Å². The Morgan fingerprint density at radius 2 is 1.90 bits per heavy atom. The summed E-state index contributed by atoms with van der Waals surface area (Å²) < 4.78 is 6.84. The fourth-order valence-electron chi connectivity index (χ4n) is 2.31. The zero-order valence-electron chi connectivity index (χ0n) is 11.5. The van der Waals surface area contributed by atoms with Gasteiger partial charge in [-0.3, -0.25) is 4.57 Å². The van der Waals surface area contributed by atoms with E-state index in [2.05, 4.69) is 26.0 Å². The number of nitrogen functional groups attached to an aromatic ring is 1. The zero-order chi connectivity index (χ0) is 14.3. The van der Waals surface area contributed by atoms with Crippen molar-refractivity contribution >= 4 is 16.8 Å². The largest absolute Gasteiger partial charge is 0.420 e. The van der Waals surface area contributed by atoms with Crippen LogP contribution in [0.25, 0.3) is 11.1 Å². The normalized spacial score (nSPS) is 11.1. The fraction of sp³-hybridized carbons (Fsp3) is 0.188. The van der Waals surface area contributed by atoms with Gasteiger partial charge in [0.2, 0.25) is 0 Å². The molecule has 2 N–H and O–H groups in total. The highest BCUT2D eigenvalue weighted by Crippen LogP contribution is 2.18. The number of hydrogen-bond acceptors (Lipinski definition) is 3. The predicted molar refractivity (Wildman–Crippen MR) is 79.9 cm³/mol. The lowest BCUT2D eigenvalue weighted by Crippen LogP contribution is -2.15. The molecule has 20 heavy (non-hydrogen) atoms. The molecule has 0 atom stereocenters. The molecule has 0 bridgehead atoms. The number of aryl methyl sites for hydroxylation is 2. The van der Waals surface area contributed by atoms with Crippen LogP contribution in [0.4, 0.5) is 5.69 Å². The lowest BCUT2D eigenvalue weighted by molar-refractivity contribution is 0.517. The number of hydrogen-bond donors (Lipinski definition) is 1. The monoisotopic (exact) mass is 268 g/mol. The van der Waals surface area contributed by atoms with E-state index in [9.17, 15) is 4.79 Å². The number of rotatable bonds is 2. The molecule has 2 aromatic carbocycles. The number of anilines is 1. The van der Waals surface area contributed by atoms with Gasteiger partial charge in [0.05, 0.1) is 12.1 Å². The third-order valence-electron chi connectivity index (χ3n) is 3.60. The van der Waals surface area contributed by atoms with Crippen molar-refractivity contribution in [2.45, 2.75) is 20.4 Å². The van der Waals surface area contributed by atoms with Crippen LogP contribution in [-0.2, 0) is 6.54 Å². The molecule has 4 nitrogen and oxygen atoms in total. The van der Waals surface area contributed by atoms with E-state index in [4.69, 9.17) is 10.2 Å². The van der Waals surface area contributed by atoms with Gasteiger partial charge in [-0.25, -0.2) is 4.79 Å². The van der Waals surface area contributed by atoms with E-state index in [0.717, 1.165) is 11.1 Å². The number of fused-ring (bicyclic) bond motifs is 1. The van der Waals surface area contributed by atoms with Crippen molar-refractivity contribution in [3.63, 3.8) is 0 Å². The summed E-state index contributed by atoms with van der Waals surface area (Å²) in [5.74, 6) is -0.358. The number of aromatic nitrogens is 1. The molecular weight excluding hydrogens is 252 g/mol. The molecular formula is C16H16N2O2. The average Bonchev–Trinajstić information content (AvgIpc) is 2.70. The minimum Gasteiger partial charge on any atom is -0.408 e. The molecule has 0 saturated carbocycles. The molecule has 1 aromatic heterocycles. The molecule has 0 aliphatic rings. The van der Waals surface area contributed by atoms with E-state index >= 15 is 0 Å². The van der Waals surface area contributed by atoms with Gasteiger partial charge in [0.15, 0.2) is 5.58 Å². The van der Waals surface area contributed by atoms with Crippen molar-refractivity contribution in [2.24, 2.45) is 0 Å². The molecule has 3 rings (SSSR count). The molecule has 0 radical (unpaired) electrons. The van der Waals surface area contributed by atoms with Gasteiger partial charge < -0.3 is 10.2 Å². The lowest BCUT2D eigenvalue weighted by atomic mass is 10.1. The maximum Gasteiger partial charge on any atom is 0.420 e. The minimum atomic E-state index is -0.358. The molecule has 0 unspecified atom stereocenters. The Hall–Kier alpha value is -2.49. The summed E-state index contributed by atoms with van der Waals surface area (Å²) in [4.78, 5) is 12.0. The Kier molecular flexibility index (Phi) is 2.86. The number of nitrogens with zero attached hydrogens (tertiary/aromatic N) is 1. The van der Waals surface area contributed by atoms with Crippen molar-refractivity contribution in [1.82, 2.24) is 4.57 Å². The van der Waals surface area contributed by atoms with Crippen LogP contribution in [0.2, 0.25) is 0 Å². The second-order valence-corrected chi connectivity index (χ2v) is 5.10. The minimum absolute atomic E-state index is 0.358. The van der Waals surface area contributed by atoms with Crippen LogP contribution in [0.5, 0.6) is 0 Å². The Balaban J connectivity index is 2.10. The zero-order valence-corrected chi connectivity index (χ0v) is 11.5. The summed E-state index contributed by atoms with van der Waals surface area (Å²) in [7, 11) is 0. The first-order chi connectivity index (χ1) is 9.54. The van der Waals surface area contributed by atoms with E-state index in [1.165, 1.54) is 11.1 Å². The van der Waals surface area contributed by atoms with E-state index in [0.29, 0.717) is 17.8 Å². The Bertz CT molecular complexity index is 843. The number of benzene rings is 2. The van der Waals surface area contributed by atoms with Crippen LogP contribution >= 0.6 is 0 Å². The van der Waals surface area contributed by atoms with Crippen molar-refractivity contribution in [1.29, 1.82) is 0 Å². The van der Waals surface area contributed by atoms with Gasteiger partial charge in [-0.05, 0) is 48.7 Å². The lowest BCUT2D eigenvalue weighted by Gasteiger charge is -2.06. The first-order valence-electron chi connectivity index (χ1n) is 6.49. The molecule has 1 heterocycles. The van der Waals surface area contributed by atoms with Gasteiger partial charge in [0.25, 0.3) is 0 Å². The van der Waals surface area contributed by atoms with Crippen LogP contribution in [0.1, 0.15) is 16.7 Å².